The van der Waals surface area contributed by atoms with Crippen LogP contribution in [0.15, 0.2) is 78.9 Å². The Morgan fingerprint density at radius 2 is 1.59 bits per heavy atom. The van der Waals surface area contributed by atoms with Gasteiger partial charge in [-0.05, 0) is 30.3 Å². The topological polar surface area (TPSA) is 99.8 Å². The van der Waals surface area contributed by atoms with Gasteiger partial charge in [-0.3, -0.25) is 20.4 Å². The highest BCUT2D eigenvalue weighted by Crippen LogP contribution is 2.29. The van der Waals surface area contributed by atoms with Crippen LogP contribution >= 0.6 is 11.6 Å². The van der Waals surface area contributed by atoms with Crippen LogP contribution in [0.4, 0.5) is 0 Å². The Morgan fingerprint density at radius 3 is 2.41 bits per heavy atom. The number of aromatic amines is 1. The van der Waals surface area contributed by atoms with Crippen molar-refractivity contribution in [2.75, 3.05) is 0 Å². The van der Waals surface area contributed by atoms with Gasteiger partial charge in [-0.1, -0.05) is 60.1 Å². The van der Waals surface area contributed by atoms with E-state index in [9.17, 15) is 9.59 Å². The molecular weight excluding hydrogens is 450 g/mol. The molecule has 0 radical (unpaired) electrons. The van der Waals surface area contributed by atoms with E-state index < -0.39 is 5.91 Å². The largest absolute Gasteiger partial charge is 0.342 e. The lowest BCUT2D eigenvalue weighted by Crippen LogP contribution is -2.41. The van der Waals surface area contributed by atoms with Gasteiger partial charge in [0.15, 0.2) is 0 Å². The summed E-state index contributed by atoms with van der Waals surface area (Å²) in [4.78, 5) is 37.7. The molecule has 0 fully saturated rings. The molecule has 0 saturated carbocycles. The monoisotopic (exact) mass is 469 g/mol. The van der Waals surface area contributed by atoms with E-state index in [-0.39, 0.29) is 12.3 Å². The number of aromatic nitrogens is 3. The average molecular weight is 470 g/mol. The van der Waals surface area contributed by atoms with E-state index in [0.717, 1.165) is 16.6 Å². The maximum atomic E-state index is 13.0. The van der Waals surface area contributed by atoms with Crippen LogP contribution in [-0.2, 0) is 11.2 Å². The zero-order valence-corrected chi connectivity index (χ0v) is 18.8. The summed E-state index contributed by atoms with van der Waals surface area (Å²) in [5.74, 6) is -0.0466. The van der Waals surface area contributed by atoms with E-state index in [1.165, 1.54) is 0 Å². The van der Waals surface area contributed by atoms with Crippen molar-refractivity contribution in [3.63, 3.8) is 0 Å². The van der Waals surface area contributed by atoms with Crippen LogP contribution < -0.4 is 10.9 Å². The molecule has 2 amide bonds. The van der Waals surface area contributed by atoms with Crippen molar-refractivity contribution in [2.24, 2.45) is 0 Å². The summed E-state index contributed by atoms with van der Waals surface area (Å²) in [6.07, 6.45) is 0.591. The molecule has 2 aromatic heterocycles. The number of hydrogen-bond donors (Lipinski definition) is 3. The molecule has 3 aromatic carbocycles. The standard InChI is InChI=1S/C26H20ClN5O2/c27-19-9-3-1-8-17(19)23-15-18(16-7-2-4-10-20(16)28-23)26(34)32-31-25(33)14-13-24-29-21-11-5-6-12-22(21)30-24/h1-12,15H,13-14H2,(H,29,30)(H,31,33)(H,32,34). The maximum absolute atomic E-state index is 13.0. The molecule has 3 N–H and O–H groups in total. The number of benzene rings is 3. The molecule has 2 heterocycles. The van der Waals surface area contributed by atoms with Gasteiger partial charge in [0, 0.05) is 28.8 Å². The van der Waals surface area contributed by atoms with Crippen LogP contribution in [0.5, 0.6) is 0 Å². The normalized spacial score (nSPS) is 11.0. The predicted octanol–water partition coefficient (Wildman–Crippen LogP) is 4.83. The van der Waals surface area contributed by atoms with E-state index in [4.69, 9.17) is 11.6 Å². The predicted molar refractivity (Wildman–Crippen MR) is 132 cm³/mol. The number of amides is 2. The van der Waals surface area contributed by atoms with Gasteiger partial charge in [-0.25, -0.2) is 9.97 Å². The molecule has 0 spiro atoms. The number of hydrazine groups is 1. The number of carbonyl (C=O) groups excluding carboxylic acids is 2. The molecule has 0 aliphatic heterocycles. The maximum Gasteiger partial charge on any atom is 0.270 e. The number of nitrogens with zero attached hydrogens (tertiary/aromatic N) is 2. The Balaban J connectivity index is 1.31. The highest BCUT2D eigenvalue weighted by molar-refractivity contribution is 6.33. The van der Waals surface area contributed by atoms with Crippen LogP contribution in [0.25, 0.3) is 33.2 Å². The molecule has 0 aliphatic rings. The lowest BCUT2D eigenvalue weighted by atomic mass is 10.0. The minimum absolute atomic E-state index is 0.169. The minimum atomic E-state index is -0.441. The Hall–Kier alpha value is -4.23. The van der Waals surface area contributed by atoms with Gasteiger partial charge >= 0.3 is 0 Å². The number of fused-ring (bicyclic) bond motifs is 2. The zero-order chi connectivity index (χ0) is 23.5. The molecule has 168 valence electrons. The first-order valence-corrected chi connectivity index (χ1v) is 11.1. The molecule has 0 bridgehead atoms. The van der Waals surface area contributed by atoms with Crippen molar-refractivity contribution >= 4 is 45.4 Å². The van der Waals surface area contributed by atoms with Gasteiger partial charge in [-0.15, -0.1) is 0 Å². The summed E-state index contributed by atoms with van der Waals surface area (Å²) >= 11 is 6.35. The van der Waals surface area contributed by atoms with E-state index >= 15 is 0 Å². The van der Waals surface area contributed by atoms with Gasteiger partial charge < -0.3 is 4.98 Å². The fourth-order valence-electron chi connectivity index (χ4n) is 3.78. The number of H-pyrrole nitrogens is 1. The molecular formula is C26H20ClN5O2. The number of nitrogens with one attached hydrogen (secondary N) is 3. The third kappa shape index (κ3) is 4.46. The summed E-state index contributed by atoms with van der Waals surface area (Å²) in [6, 6.07) is 24.0. The molecule has 5 rings (SSSR count). The fourth-order valence-corrected chi connectivity index (χ4v) is 4.02. The van der Waals surface area contributed by atoms with Crippen molar-refractivity contribution in [3.8, 4) is 11.3 Å². The van der Waals surface area contributed by atoms with E-state index in [0.29, 0.717) is 39.4 Å². The van der Waals surface area contributed by atoms with E-state index in [1.807, 2.05) is 66.7 Å². The van der Waals surface area contributed by atoms with Crippen molar-refractivity contribution < 1.29 is 9.59 Å². The quantitative estimate of drug-likeness (QED) is 0.321. The third-order valence-corrected chi connectivity index (χ3v) is 5.78. The molecule has 7 nitrogen and oxygen atoms in total. The van der Waals surface area contributed by atoms with Gasteiger partial charge in [0.2, 0.25) is 5.91 Å². The molecule has 0 aliphatic carbocycles. The van der Waals surface area contributed by atoms with E-state index in [1.54, 1.807) is 12.1 Å². The number of hydrogen-bond acceptors (Lipinski definition) is 4. The Morgan fingerprint density at radius 1 is 0.853 bits per heavy atom. The number of rotatable bonds is 5. The number of para-hydroxylation sites is 3. The average Bonchev–Trinajstić information content (AvgIpc) is 3.29. The first-order chi connectivity index (χ1) is 16.6. The van der Waals surface area contributed by atoms with Gasteiger partial charge in [0.25, 0.3) is 5.91 Å². The smallest absolute Gasteiger partial charge is 0.270 e. The molecule has 34 heavy (non-hydrogen) atoms. The lowest BCUT2D eigenvalue weighted by Gasteiger charge is -2.12. The second kappa shape index (κ2) is 9.33. The Kier molecular flexibility index (Phi) is 5.93. The molecule has 0 saturated heterocycles. The minimum Gasteiger partial charge on any atom is -0.342 e. The van der Waals surface area contributed by atoms with Gasteiger partial charge in [0.05, 0.1) is 27.8 Å². The summed E-state index contributed by atoms with van der Waals surface area (Å²) in [5, 5.41) is 1.21. The first kappa shape index (κ1) is 21.6. The van der Waals surface area contributed by atoms with Crippen LogP contribution in [-0.4, -0.2) is 26.8 Å². The number of carbonyl (C=O) groups is 2. The summed E-state index contributed by atoms with van der Waals surface area (Å²) in [5.41, 5.74) is 9.12. The second-order valence-corrected chi connectivity index (χ2v) is 8.16. The Bertz CT molecular complexity index is 1500. The van der Waals surface area contributed by atoms with E-state index in [2.05, 4.69) is 25.8 Å². The zero-order valence-electron chi connectivity index (χ0n) is 18.0. The molecule has 0 unspecified atom stereocenters. The molecule has 8 heteroatoms. The third-order valence-electron chi connectivity index (χ3n) is 5.45. The second-order valence-electron chi connectivity index (χ2n) is 7.75. The number of halogens is 1. The molecule has 5 aromatic rings. The molecule has 0 atom stereocenters. The van der Waals surface area contributed by atoms with Crippen LogP contribution in [0.1, 0.15) is 22.6 Å². The fraction of sp³-hybridized carbons (Fsp3) is 0.0769. The lowest BCUT2D eigenvalue weighted by molar-refractivity contribution is -0.121. The van der Waals surface area contributed by atoms with Crippen molar-refractivity contribution in [3.05, 3.63) is 95.3 Å². The van der Waals surface area contributed by atoms with Crippen molar-refractivity contribution in [2.45, 2.75) is 12.8 Å². The number of imidazole rings is 1. The van der Waals surface area contributed by atoms with Gasteiger partial charge in [0.1, 0.15) is 5.82 Å². The highest BCUT2D eigenvalue weighted by atomic mass is 35.5. The first-order valence-electron chi connectivity index (χ1n) is 10.8. The van der Waals surface area contributed by atoms with Crippen LogP contribution in [0.3, 0.4) is 0 Å². The number of pyridine rings is 1. The summed E-state index contributed by atoms with van der Waals surface area (Å²) in [6.45, 7) is 0. The van der Waals surface area contributed by atoms with Crippen LogP contribution in [0.2, 0.25) is 5.02 Å². The summed E-state index contributed by atoms with van der Waals surface area (Å²) in [7, 11) is 0. The van der Waals surface area contributed by atoms with Crippen LogP contribution in [0, 0.1) is 0 Å². The highest BCUT2D eigenvalue weighted by Gasteiger charge is 2.16. The van der Waals surface area contributed by atoms with Gasteiger partial charge in [-0.2, -0.15) is 0 Å². The SMILES string of the molecule is O=C(CCc1nc2ccccc2[nH]1)NNC(=O)c1cc(-c2ccccc2Cl)nc2ccccc12. The van der Waals surface area contributed by atoms with Crippen molar-refractivity contribution in [1.82, 2.24) is 25.8 Å². The Labute approximate surface area is 200 Å². The van der Waals surface area contributed by atoms with Crippen molar-refractivity contribution in [1.29, 1.82) is 0 Å². The summed E-state index contributed by atoms with van der Waals surface area (Å²) < 4.78 is 0. The number of aryl methyl sites for hydroxylation is 1.